The first-order valence-corrected chi connectivity index (χ1v) is 4.20. The lowest BCUT2D eigenvalue weighted by Crippen LogP contribution is -2.12. The average molecular weight is 198 g/mol. The van der Waals surface area contributed by atoms with Crippen LogP contribution in [0.3, 0.4) is 0 Å². The summed E-state index contributed by atoms with van der Waals surface area (Å²) >= 11 is 0. The predicted molar refractivity (Wildman–Crippen MR) is 60.3 cm³/mol. The van der Waals surface area contributed by atoms with Gasteiger partial charge in [-0.15, -0.1) is 19.0 Å². The van der Waals surface area contributed by atoms with Crippen LogP contribution in [0.1, 0.15) is 11.1 Å². The van der Waals surface area contributed by atoms with Crippen LogP contribution in [0.15, 0.2) is 36.9 Å². The lowest BCUT2D eigenvalue weighted by Gasteiger charge is -2.01. The second-order valence-electron chi connectivity index (χ2n) is 2.91. The molecule has 1 nitrogen and oxygen atoms in total. The lowest BCUT2D eigenvalue weighted by atomic mass is 10.1. The van der Waals surface area contributed by atoms with E-state index in [9.17, 15) is 0 Å². The molecule has 1 aromatic carbocycles. The molecule has 13 heavy (non-hydrogen) atoms. The summed E-state index contributed by atoms with van der Waals surface area (Å²) < 4.78 is 0. The minimum Gasteiger partial charge on any atom is -0.309 e. The van der Waals surface area contributed by atoms with Crippen molar-refractivity contribution in [2.24, 2.45) is 0 Å². The third kappa shape index (κ3) is 4.71. The van der Waals surface area contributed by atoms with E-state index in [1.807, 2.05) is 6.08 Å². The summed E-state index contributed by atoms with van der Waals surface area (Å²) in [6.07, 6.45) is 1.87. The van der Waals surface area contributed by atoms with E-state index < -0.39 is 0 Å². The van der Waals surface area contributed by atoms with E-state index in [0.717, 1.165) is 13.1 Å². The first-order valence-electron chi connectivity index (χ1n) is 4.20. The standard InChI is InChI=1S/C11H15N.ClH/c1-3-8-12-9-11-6-4-10(2)5-7-11;/h3-7,12H,1,8-9H2,2H3;1H. The topological polar surface area (TPSA) is 12.0 Å². The Morgan fingerprint density at radius 1 is 1.31 bits per heavy atom. The van der Waals surface area contributed by atoms with Crippen LogP contribution < -0.4 is 5.32 Å². The van der Waals surface area contributed by atoms with E-state index in [-0.39, 0.29) is 12.4 Å². The number of hydrogen-bond acceptors (Lipinski definition) is 1. The van der Waals surface area contributed by atoms with Gasteiger partial charge in [-0.1, -0.05) is 35.9 Å². The molecule has 0 heterocycles. The van der Waals surface area contributed by atoms with Crippen molar-refractivity contribution in [1.82, 2.24) is 5.32 Å². The Kier molecular flexibility index (Phi) is 6.29. The summed E-state index contributed by atoms with van der Waals surface area (Å²) in [6, 6.07) is 8.55. The molecular formula is C11H16ClN. The number of benzene rings is 1. The molecule has 0 aliphatic rings. The highest BCUT2D eigenvalue weighted by Gasteiger charge is 1.89. The number of aryl methyl sites for hydroxylation is 1. The maximum absolute atomic E-state index is 3.64. The van der Waals surface area contributed by atoms with Crippen molar-refractivity contribution in [2.45, 2.75) is 13.5 Å². The third-order valence-electron chi connectivity index (χ3n) is 1.74. The molecule has 0 bridgehead atoms. The van der Waals surface area contributed by atoms with Crippen molar-refractivity contribution in [2.75, 3.05) is 6.54 Å². The number of nitrogens with one attached hydrogen (secondary N) is 1. The van der Waals surface area contributed by atoms with Crippen LogP contribution in [0.5, 0.6) is 0 Å². The van der Waals surface area contributed by atoms with Gasteiger partial charge in [-0.25, -0.2) is 0 Å². The van der Waals surface area contributed by atoms with Crippen molar-refractivity contribution in [1.29, 1.82) is 0 Å². The van der Waals surface area contributed by atoms with E-state index in [1.165, 1.54) is 11.1 Å². The number of halogens is 1. The molecule has 0 aliphatic heterocycles. The Morgan fingerprint density at radius 2 is 1.92 bits per heavy atom. The highest BCUT2D eigenvalue weighted by molar-refractivity contribution is 5.85. The zero-order valence-electron chi connectivity index (χ0n) is 7.92. The summed E-state index contributed by atoms with van der Waals surface area (Å²) in [5.74, 6) is 0. The van der Waals surface area contributed by atoms with Crippen LogP contribution in [0.25, 0.3) is 0 Å². The van der Waals surface area contributed by atoms with Crippen LogP contribution in [-0.2, 0) is 6.54 Å². The van der Waals surface area contributed by atoms with Gasteiger partial charge in [0.15, 0.2) is 0 Å². The summed E-state index contributed by atoms with van der Waals surface area (Å²) in [4.78, 5) is 0. The van der Waals surface area contributed by atoms with E-state index >= 15 is 0 Å². The van der Waals surface area contributed by atoms with E-state index in [0.29, 0.717) is 0 Å². The zero-order chi connectivity index (χ0) is 8.81. The third-order valence-corrected chi connectivity index (χ3v) is 1.74. The monoisotopic (exact) mass is 197 g/mol. The van der Waals surface area contributed by atoms with Crippen LogP contribution in [0.2, 0.25) is 0 Å². The number of rotatable bonds is 4. The molecule has 2 heteroatoms. The summed E-state index contributed by atoms with van der Waals surface area (Å²) in [5, 5.41) is 3.25. The maximum atomic E-state index is 3.64. The van der Waals surface area contributed by atoms with Gasteiger partial charge in [0, 0.05) is 13.1 Å². The minimum atomic E-state index is 0. The van der Waals surface area contributed by atoms with Crippen molar-refractivity contribution < 1.29 is 0 Å². The molecule has 0 aromatic heterocycles. The Balaban J connectivity index is 0.00000144. The van der Waals surface area contributed by atoms with Gasteiger partial charge in [0.1, 0.15) is 0 Å². The van der Waals surface area contributed by atoms with Gasteiger partial charge < -0.3 is 5.32 Å². The first kappa shape index (κ1) is 12.2. The fraction of sp³-hybridized carbons (Fsp3) is 0.273. The normalized spacial score (nSPS) is 9.00. The fourth-order valence-corrected chi connectivity index (χ4v) is 1.02. The molecular weight excluding hydrogens is 182 g/mol. The van der Waals surface area contributed by atoms with Crippen molar-refractivity contribution in [3.05, 3.63) is 48.0 Å². The second kappa shape index (κ2) is 6.70. The van der Waals surface area contributed by atoms with E-state index in [1.54, 1.807) is 0 Å². The molecule has 1 N–H and O–H groups in total. The van der Waals surface area contributed by atoms with E-state index in [2.05, 4.69) is 43.1 Å². The SMILES string of the molecule is C=CCNCc1ccc(C)cc1.Cl. The molecule has 1 aromatic rings. The fourth-order valence-electron chi connectivity index (χ4n) is 1.02. The smallest absolute Gasteiger partial charge is 0.0208 e. The van der Waals surface area contributed by atoms with Gasteiger partial charge in [0.25, 0.3) is 0 Å². The van der Waals surface area contributed by atoms with Crippen molar-refractivity contribution in [3.63, 3.8) is 0 Å². The molecule has 0 saturated carbocycles. The summed E-state index contributed by atoms with van der Waals surface area (Å²) in [6.45, 7) is 7.53. The van der Waals surface area contributed by atoms with Crippen LogP contribution >= 0.6 is 12.4 Å². The van der Waals surface area contributed by atoms with E-state index in [4.69, 9.17) is 0 Å². The first-order chi connectivity index (χ1) is 5.83. The highest BCUT2D eigenvalue weighted by Crippen LogP contribution is 2.01. The molecule has 0 saturated heterocycles. The predicted octanol–water partition coefficient (Wildman–Crippen LogP) is 2.69. The van der Waals surface area contributed by atoms with Gasteiger partial charge in [0.05, 0.1) is 0 Å². The quantitative estimate of drug-likeness (QED) is 0.578. The molecule has 1 rings (SSSR count). The molecule has 0 radical (unpaired) electrons. The lowest BCUT2D eigenvalue weighted by molar-refractivity contribution is 0.760. The summed E-state index contributed by atoms with van der Waals surface area (Å²) in [5.41, 5.74) is 2.63. The van der Waals surface area contributed by atoms with Gasteiger partial charge in [-0.3, -0.25) is 0 Å². The van der Waals surface area contributed by atoms with Crippen molar-refractivity contribution in [3.8, 4) is 0 Å². The van der Waals surface area contributed by atoms with Crippen LogP contribution in [0.4, 0.5) is 0 Å². The highest BCUT2D eigenvalue weighted by atomic mass is 35.5. The molecule has 0 amide bonds. The molecule has 0 spiro atoms. The molecule has 72 valence electrons. The van der Waals surface area contributed by atoms with Crippen LogP contribution in [-0.4, -0.2) is 6.54 Å². The Labute approximate surface area is 86.3 Å². The maximum Gasteiger partial charge on any atom is 0.0208 e. The molecule has 0 atom stereocenters. The van der Waals surface area contributed by atoms with Gasteiger partial charge in [-0.05, 0) is 12.5 Å². The second-order valence-corrected chi connectivity index (χ2v) is 2.91. The van der Waals surface area contributed by atoms with Crippen molar-refractivity contribution >= 4 is 12.4 Å². The minimum absolute atomic E-state index is 0. The molecule has 0 fully saturated rings. The largest absolute Gasteiger partial charge is 0.309 e. The Morgan fingerprint density at radius 3 is 2.46 bits per heavy atom. The van der Waals surface area contributed by atoms with Gasteiger partial charge >= 0.3 is 0 Å². The zero-order valence-corrected chi connectivity index (χ0v) is 8.73. The Bertz CT molecular complexity index is 241. The Hall–Kier alpha value is -0.790. The summed E-state index contributed by atoms with van der Waals surface area (Å²) in [7, 11) is 0. The van der Waals surface area contributed by atoms with Gasteiger partial charge in [0.2, 0.25) is 0 Å². The molecule has 0 unspecified atom stereocenters. The average Bonchev–Trinajstić information content (AvgIpc) is 2.09. The number of hydrogen-bond donors (Lipinski definition) is 1. The van der Waals surface area contributed by atoms with Gasteiger partial charge in [-0.2, -0.15) is 0 Å². The molecule has 0 aliphatic carbocycles. The van der Waals surface area contributed by atoms with Crippen LogP contribution in [0, 0.1) is 6.92 Å².